The van der Waals surface area contributed by atoms with Crippen LogP contribution in [0, 0.1) is 0 Å². The SMILES string of the molecule is CCOC(=O)C1=C(C)CC(NNC(=O)c2ccc(Br)cc2)=CC1. The van der Waals surface area contributed by atoms with Crippen molar-refractivity contribution >= 4 is 27.8 Å². The molecule has 0 radical (unpaired) electrons. The van der Waals surface area contributed by atoms with Crippen molar-refractivity contribution in [2.24, 2.45) is 0 Å². The van der Waals surface area contributed by atoms with E-state index in [1.165, 1.54) is 0 Å². The smallest absolute Gasteiger partial charge is 0.334 e. The number of carbonyl (C=O) groups is 2. The van der Waals surface area contributed by atoms with E-state index >= 15 is 0 Å². The van der Waals surface area contributed by atoms with Gasteiger partial charge in [-0.3, -0.25) is 10.2 Å². The summed E-state index contributed by atoms with van der Waals surface area (Å²) < 4.78 is 5.95. The Balaban J connectivity index is 1.89. The van der Waals surface area contributed by atoms with Crippen molar-refractivity contribution in [2.75, 3.05) is 6.61 Å². The number of halogens is 1. The van der Waals surface area contributed by atoms with E-state index in [-0.39, 0.29) is 11.9 Å². The van der Waals surface area contributed by atoms with Gasteiger partial charge in [0, 0.05) is 27.7 Å². The van der Waals surface area contributed by atoms with E-state index in [0.717, 1.165) is 15.7 Å². The number of amides is 1. The van der Waals surface area contributed by atoms with Gasteiger partial charge >= 0.3 is 5.97 Å². The molecule has 0 fully saturated rings. The second kappa shape index (κ2) is 7.97. The topological polar surface area (TPSA) is 67.4 Å². The van der Waals surface area contributed by atoms with Gasteiger partial charge in [-0.15, -0.1) is 0 Å². The fourth-order valence-electron chi connectivity index (χ4n) is 2.25. The van der Waals surface area contributed by atoms with E-state index in [1.807, 2.05) is 25.1 Å². The summed E-state index contributed by atoms with van der Waals surface area (Å²) in [5, 5.41) is 0. The minimum Gasteiger partial charge on any atom is -0.463 e. The number of esters is 1. The summed E-state index contributed by atoms with van der Waals surface area (Å²) in [6, 6.07) is 7.10. The molecule has 1 aliphatic carbocycles. The molecule has 1 aromatic carbocycles. The molecule has 1 aromatic rings. The van der Waals surface area contributed by atoms with E-state index in [9.17, 15) is 9.59 Å². The maximum Gasteiger partial charge on any atom is 0.334 e. The molecule has 2 rings (SSSR count). The van der Waals surface area contributed by atoms with Crippen LogP contribution in [0.2, 0.25) is 0 Å². The third kappa shape index (κ3) is 4.69. The molecule has 2 N–H and O–H groups in total. The lowest BCUT2D eigenvalue weighted by Crippen LogP contribution is -2.37. The summed E-state index contributed by atoms with van der Waals surface area (Å²) >= 11 is 3.33. The Morgan fingerprint density at radius 1 is 1.26 bits per heavy atom. The standard InChI is InChI=1S/C17H19BrN2O3/c1-3-23-17(22)15-9-8-14(10-11(15)2)19-20-16(21)12-4-6-13(18)7-5-12/h4-8,19H,3,9-10H2,1-2H3,(H,20,21). The molecule has 1 amide bonds. The summed E-state index contributed by atoms with van der Waals surface area (Å²) in [6.45, 7) is 4.06. The van der Waals surface area contributed by atoms with Crippen LogP contribution in [0.4, 0.5) is 0 Å². The number of rotatable bonds is 5. The van der Waals surface area contributed by atoms with Gasteiger partial charge in [0.05, 0.1) is 6.61 Å². The highest BCUT2D eigenvalue weighted by molar-refractivity contribution is 9.10. The van der Waals surface area contributed by atoms with Crippen molar-refractivity contribution in [1.82, 2.24) is 10.9 Å². The van der Waals surface area contributed by atoms with Crippen molar-refractivity contribution in [3.63, 3.8) is 0 Å². The monoisotopic (exact) mass is 378 g/mol. The van der Waals surface area contributed by atoms with Crippen LogP contribution in [-0.2, 0) is 9.53 Å². The number of carbonyl (C=O) groups excluding carboxylic acids is 2. The molecule has 0 saturated heterocycles. The molecular formula is C17H19BrN2O3. The first-order valence-electron chi connectivity index (χ1n) is 7.38. The van der Waals surface area contributed by atoms with E-state index < -0.39 is 0 Å². The third-order valence-corrected chi connectivity index (χ3v) is 4.02. The van der Waals surface area contributed by atoms with Crippen molar-refractivity contribution < 1.29 is 14.3 Å². The molecular weight excluding hydrogens is 360 g/mol. The maximum absolute atomic E-state index is 12.0. The Hall–Kier alpha value is -2.08. The molecule has 0 saturated carbocycles. The number of benzene rings is 1. The first kappa shape index (κ1) is 17.3. The predicted molar refractivity (Wildman–Crippen MR) is 91.4 cm³/mol. The Morgan fingerprint density at radius 2 is 1.96 bits per heavy atom. The first-order valence-corrected chi connectivity index (χ1v) is 8.17. The Morgan fingerprint density at radius 3 is 2.57 bits per heavy atom. The van der Waals surface area contributed by atoms with Crippen LogP contribution < -0.4 is 10.9 Å². The van der Waals surface area contributed by atoms with Gasteiger partial charge in [0.2, 0.25) is 0 Å². The molecule has 5 nitrogen and oxygen atoms in total. The summed E-state index contributed by atoms with van der Waals surface area (Å²) in [6.07, 6.45) is 2.97. The quantitative estimate of drug-likeness (QED) is 0.609. The zero-order valence-electron chi connectivity index (χ0n) is 13.1. The zero-order chi connectivity index (χ0) is 16.8. The van der Waals surface area contributed by atoms with Crippen LogP contribution in [0.5, 0.6) is 0 Å². The molecule has 0 heterocycles. The molecule has 6 heteroatoms. The van der Waals surface area contributed by atoms with Gasteiger partial charge in [-0.05, 0) is 44.5 Å². The second-order valence-corrected chi connectivity index (χ2v) is 6.09. The van der Waals surface area contributed by atoms with Gasteiger partial charge in [0.15, 0.2) is 0 Å². The molecule has 23 heavy (non-hydrogen) atoms. The molecule has 1 aliphatic rings. The van der Waals surface area contributed by atoms with Gasteiger partial charge in [-0.25, -0.2) is 4.79 Å². The third-order valence-electron chi connectivity index (χ3n) is 3.49. The van der Waals surface area contributed by atoms with E-state index in [2.05, 4.69) is 26.8 Å². The van der Waals surface area contributed by atoms with Crippen LogP contribution in [0.15, 0.2) is 51.7 Å². The number of hydrazine groups is 1. The van der Waals surface area contributed by atoms with Crippen LogP contribution in [0.1, 0.15) is 37.0 Å². The van der Waals surface area contributed by atoms with Gasteiger partial charge in [0.25, 0.3) is 5.91 Å². The van der Waals surface area contributed by atoms with E-state index in [0.29, 0.717) is 30.6 Å². The van der Waals surface area contributed by atoms with Gasteiger partial charge < -0.3 is 10.2 Å². The Kier molecular flexibility index (Phi) is 5.98. The predicted octanol–water partition coefficient (Wildman–Crippen LogP) is 3.24. The number of hydrogen-bond acceptors (Lipinski definition) is 4. The molecule has 0 atom stereocenters. The first-order chi connectivity index (χ1) is 11.0. The lowest BCUT2D eigenvalue weighted by molar-refractivity contribution is -0.138. The second-order valence-electron chi connectivity index (χ2n) is 5.18. The molecule has 0 aromatic heterocycles. The van der Waals surface area contributed by atoms with Gasteiger partial charge in [-0.2, -0.15) is 0 Å². The molecule has 0 bridgehead atoms. The average molecular weight is 379 g/mol. The minimum atomic E-state index is -0.265. The highest BCUT2D eigenvalue weighted by atomic mass is 79.9. The van der Waals surface area contributed by atoms with E-state index in [1.54, 1.807) is 19.1 Å². The Labute approximate surface area is 143 Å². The lowest BCUT2D eigenvalue weighted by atomic mass is 9.96. The average Bonchev–Trinajstić information content (AvgIpc) is 2.53. The van der Waals surface area contributed by atoms with Crippen LogP contribution in [-0.4, -0.2) is 18.5 Å². The Bertz CT molecular complexity index is 663. The highest BCUT2D eigenvalue weighted by Crippen LogP contribution is 2.23. The maximum atomic E-state index is 12.0. The van der Waals surface area contributed by atoms with Crippen molar-refractivity contribution in [3.8, 4) is 0 Å². The zero-order valence-corrected chi connectivity index (χ0v) is 14.7. The van der Waals surface area contributed by atoms with Crippen LogP contribution in [0.25, 0.3) is 0 Å². The number of nitrogens with one attached hydrogen (secondary N) is 2. The fourth-order valence-corrected chi connectivity index (χ4v) is 2.51. The largest absolute Gasteiger partial charge is 0.463 e. The normalized spacial score (nSPS) is 14.1. The van der Waals surface area contributed by atoms with Crippen molar-refractivity contribution in [1.29, 1.82) is 0 Å². The summed E-state index contributed by atoms with van der Waals surface area (Å²) in [5.74, 6) is -0.476. The highest BCUT2D eigenvalue weighted by Gasteiger charge is 2.18. The molecule has 0 spiro atoms. The minimum absolute atomic E-state index is 0.212. The van der Waals surface area contributed by atoms with Crippen LogP contribution in [0.3, 0.4) is 0 Å². The fraction of sp³-hybridized carbons (Fsp3) is 0.294. The number of ether oxygens (including phenoxy) is 1. The summed E-state index contributed by atoms with van der Waals surface area (Å²) in [4.78, 5) is 23.8. The van der Waals surface area contributed by atoms with Crippen molar-refractivity contribution in [3.05, 3.63) is 57.2 Å². The summed E-state index contributed by atoms with van der Waals surface area (Å²) in [5.41, 5.74) is 8.66. The van der Waals surface area contributed by atoms with Crippen LogP contribution >= 0.6 is 15.9 Å². The summed E-state index contributed by atoms with van der Waals surface area (Å²) in [7, 11) is 0. The number of allylic oxidation sites excluding steroid dienone is 2. The molecule has 122 valence electrons. The lowest BCUT2D eigenvalue weighted by Gasteiger charge is -2.19. The van der Waals surface area contributed by atoms with Crippen molar-refractivity contribution in [2.45, 2.75) is 26.7 Å². The molecule has 0 aliphatic heterocycles. The van der Waals surface area contributed by atoms with Gasteiger partial charge in [0.1, 0.15) is 0 Å². The number of hydrogen-bond donors (Lipinski definition) is 2. The van der Waals surface area contributed by atoms with E-state index in [4.69, 9.17) is 4.74 Å². The molecule has 0 unspecified atom stereocenters. The van der Waals surface area contributed by atoms with Gasteiger partial charge in [-0.1, -0.05) is 27.6 Å².